The van der Waals surface area contributed by atoms with Crippen molar-refractivity contribution in [2.45, 2.75) is 13.5 Å². The van der Waals surface area contributed by atoms with Crippen molar-refractivity contribution in [1.29, 1.82) is 0 Å². The first-order chi connectivity index (χ1) is 15.0. The largest absolute Gasteiger partial charge is 0.483 e. The second kappa shape index (κ2) is 10.1. The molecule has 0 aliphatic carbocycles. The first kappa shape index (κ1) is 21.6. The molecular formula is C25H27N5O. The van der Waals surface area contributed by atoms with E-state index in [0.29, 0.717) is 12.2 Å². The van der Waals surface area contributed by atoms with Crippen molar-refractivity contribution in [1.82, 2.24) is 4.98 Å². The molecule has 0 fully saturated rings. The van der Waals surface area contributed by atoms with Crippen LogP contribution in [0.5, 0.6) is 0 Å². The van der Waals surface area contributed by atoms with Gasteiger partial charge in [-0.2, -0.15) is 0 Å². The molecule has 1 heterocycles. The van der Waals surface area contributed by atoms with Crippen LogP contribution in [-0.2, 0) is 11.3 Å². The summed E-state index contributed by atoms with van der Waals surface area (Å²) in [6.45, 7) is 2.52. The Bertz CT molecular complexity index is 1130. The summed E-state index contributed by atoms with van der Waals surface area (Å²) in [5, 5.41) is 0. The quantitative estimate of drug-likeness (QED) is 0.306. The minimum absolute atomic E-state index is 0.289. The molecule has 0 aliphatic rings. The first-order valence-electron chi connectivity index (χ1n) is 9.86. The Morgan fingerprint density at radius 1 is 1.10 bits per heavy atom. The molecule has 6 heteroatoms. The Kier molecular flexibility index (Phi) is 7.06. The van der Waals surface area contributed by atoms with Crippen molar-refractivity contribution in [2.75, 3.05) is 12.8 Å². The topological polar surface area (TPSA) is 113 Å². The van der Waals surface area contributed by atoms with Gasteiger partial charge in [0.25, 0.3) is 0 Å². The van der Waals surface area contributed by atoms with E-state index in [2.05, 4.69) is 4.99 Å². The van der Waals surface area contributed by atoms with Crippen LogP contribution in [0.15, 0.2) is 77.7 Å². The second-order valence-electron chi connectivity index (χ2n) is 7.02. The summed E-state index contributed by atoms with van der Waals surface area (Å²) < 4.78 is 5.01. The molecular weight excluding hydrogens is 386 g/mol. The van der Waals surface area contributed by atoms with E-state index in [1.807, 2.05) is 67.6 Å². The number of methoxy groups -OCH3 is 1. The number of benzene rings is 2. The molecule has 2 aromatic carbocycles. The third-order valence-corrected chi connectivity index (χ3v) is 4.77. The van der Waals surface area contributed by atoms with Gasteiger partial charge in [-0.1, -0.05) is 48.5 Å². The highest BCUT2D eigenvalue weighted by atomic mass is 16.5. The molecule has 0 saturated carbocycles. The Morgan fingerprint density at radius 2 is 1.87 bits per heavy atom. The van der Waals surface area contributed by atoms with Gasteiger partial charge in [-0.15, -0.1) is 0 Å². The number of hydrogen-bond acceptors (Lipinski definition) is 6. The molecule has 0 amide bonds. The maximum Gasteiger partial charge on any atom is 0.184 e. The van der Waals surface area contributed by atoms with Crippen LogP contribution in [0.3, 0.4) is 0 Å². The summed E-state index contributed by atoms with van der Waals surface area (Å²) in [6.07, 6.45) is 5.01. The minimum atomic E-state index is 0.289. The van der Waals surface area contributed by atoms with Crippen molar-refractivity contribution in [2.24, 2.45) is 16.5 Å². The number of nitrogens with zero attached hydrogens (tertiary/aromatic N) is 2. The molecule has 0 radical (unpaired) electrons. The van der Waals surface area contributed by atoms with Crippen molar-refractivity contribution in [3.63, 3.8) is 0 Å². The zero-order chi connectivity index (χ0) is 22.2. The summed E-state index contributed by atoms with van der Waals surface area (Å²) in [5.41, 5.74) is 24.6. The predicted molar refractivity (Wildman–Crippen MR) is 129 cm³/mol. The number of nitrogen functional groups attached to an aromatic ring is 1. The van der Waals surface area contributed by atoms with Gasteiger partial charge in [0.1, 0.15) is 0 Å². The molecule has 0 bridgehead atoms. The summed E-state index contributed by atoms with van der Waals surface area (Å²) in [4.78, 5) is 9.31. The molecule has 1 aromatic heterocycles. The Morgan fingerprint density at radius 3 is 2.55 bits per heavy atom. The van der Waals surface area contributed by atoms with Gasteiger partial charge in [-0.25, -0.2) is 0 Å². The van der Waals surface area contributed by atoms with Crippen LogP contribution in [0, 0.1) is 6.92 Å². The normalized spacial score (nSPS) is 12.3. The lowest BCUT2D eigenvalue weighted by molar-refractivity contribution is 0.291. The number of aryl methyl sites for hydroxylation is 1. The third kappa shape index (κ3) is 5.51. The SMILES string of the molecule is CO/C(N)=C/c1ccc(-c2nc(C)ccc2/C(C=NCc2ccccc2)=C/N)cc1N. The van der Waals surface area contributed by atoms with Crippen LogP contribution in [0.4, 0.5) is 5.69 Å². The number of hydrogen-bond donors (Lipinski definition) is 3. The number of pyridine rings is 1. The number of anilines is 1. The lowest BCUT2D eigenvalue weighted by Gasteiger charge is -2.12. The van der Waals surface area contributed by atoms with E-state index >= 15 is 0 Å². The number of ether oxygens (including phenoxy) is 1. The fourth-order valence-electron chi connectivity index (χ4n) is 3.11. The molecule has 31 heavy (non-hydrogen) atoms. The van der Waals surface area contributed by atoms with Gasteiger partial charge in [-0.05, 0) is 24.6 Å². The van der Waals surface area contributed by atoms with E-state index in [4.69, 9.17) is 26.9 Å². The maximum absolute atomic E-state index is 6.25. The lowest BCUT2D eigenvalue weighted by atomic mass is 9.98. The molecule has 6 N–H and O–H groups in total. The van der Waals surface area contributed by atoms with Crippen molar-refractivity contribution in [3.05, 3.63) is 95.1 Å². The van der Waals surface area contributed by atoms with Crippen molar-refractivity contribution < 1.29 is 4.74 Å². The molecule has 0 aliphatic heterocycles. The number of aromatic nitrogens is 1. The van der Waals surface area contributed by atoms with E-state index in [1.54, 1.807) is 18.5 Å². The highest BCUT2D eigenvalue weighted by Gasteiger charge is 2.12. The van der Waals surface area contributed by atoms with E-state index < -0.39 is 0 Å². The summed E-state index contributed by atoms with van der Waals surface area (Å²) in [5.74, 6) is 0.289. The first-order valence-corrected chi connectivity index (χ1v) is 9.86. The number of nitrogens with two attached hydrogens (primary N) is 3. The molecule has 6 nitrogen and oxygen atoms in total. The lowest BCUT2D eigenvalue weighted by Crippen LogP contribution is -2.01. The van der Waals surface area contributed by atoms with E-state index in [0.717, 1.165) is 39.2 Å². The van der Waals surface area contributed by atoms with Crippen LogP contribution in [-0.4, -0.2) is 18.3 Å². The fraction of sp³-hybridized carbons (Fsp3) is 0.120. The summed E-state index contributed by atoms with van der Waals surface area (Å²) in [7, 11) is 1.51. The van der Waals surface area contributed by atoms with Crippen LogP contribution in [0.2, 0.25) is 0 Å². The second-order valence-corrected chi connectivity index (χ2v) is 7.02. The monoisotopic (exact) mass is 413 g/mol. The number of allylic oxidation sites excluding steroid dienone is 1. The van der Waals surface area contributed by atoms with Gasteiger partial charge >= 0.3 is 0 Å². The van der Waals surface area contributed by atoms with Gasteiger partial charge in [0.15, 0.2) is 5.88 Å². The average Bonchev–Trinajstić information content (AvgIpc) is 2.79. The summed E-state index contributed by atoms with van der Waals surface area (Å²) >= 11 is 0. The number of aliphatic imine (C=N–C) groups is 1. The van der Waals surface area contributed by atoms with Gasteiger partial charge in [-0.3, -0.25) is 9.98 Å². The Hall–Kier alpha value is -4.06. The Labute approximate surface area is 182 Å². The van der Waals surface area contributed by atoms with E-state index in [1.165, 1.54) is 7.11 Å². The van der Waals surface area contributed by atoms with E-state index in [9.17, 15) is 0 Å². The number of rotatable bonds is 7. The summed E-state index contributed by atoms with van der Waals surface area (Å²) in [6, 6.07) is 19.7. The zero-order valence-electron chi connectivity index (χ0n) is 17.7. The van der Waals surface area contributed by atoms with Gasteiger partial charge in [0, 0.05) is 52.1 Å². The molecule has 0 atom stereocenters. The standard InChI is InChI=1S/C25H27N5O/c1-17-8-11-22(21(14-26)16-29-15-18-6-4-3-5-7-18)25(30-17)20-10-9-19(23(27)12-20)13-24(28)31-2/h3-14,16H,15,26-28H2,1-2H3/b21-14+,24-13+,29-16?. The molecule has 158 valence electrons. The van der Waals surface area contributed by atoms with Crippen LogP contribution < -0.4 is 17.2 Å². The van der Waals surface area contributed by atoms with E-state index in [-0.39, 0.29) is 5.88 Å². The maximum atomic E-state index is 6.25. The molecule has 0 unspecified atom stereocenters. The predicted octanol–water partition coefficient (Wildman–Crippen LogP) is 4.11. The van der Waals surface area contributed by atoms with Gasteiger partial charge in [0.05, 0.1) is 19.3 Å². The van der Waals surface area contributed by atoms with Crippen LogP contribution in [0.25, 0.3) is 22.9 Å². The Balaban J connectivity index is 1.95. The molecule has 3 rings (SSSR count). The van der Waals surface area contributed by atoms with Crippen LogP contribution in [0.1, 0.15) is 22.4 Å². The highest BCUT2D eigenvalue weighted by Crippen LogP contribution is 2.30. The van der Waals surface area contributed by atoms with Crippen molar-refractivity contribution in [3.8, 4) is 11.3 Å². The highest BCUT2D eigenvalue weighted by molar-refractivity contribution is 6.11. The molecule has 0 saturated heterocycles. The van der Waals surface area contributed by atoms with Gasteiger partial charge in [0.2, 0.25) is 0 Å². The zero-order valence-corrected chi connectivity index (χ0v) is 17.7. The fourth-order valence-corrected chi connectivity index (χ4v) is 3.11. The van der Waals surface area contributed by atoms with Gasteiger partial charge < -0.3 is 21.9 Å². The van der Waals surface area contributed by atoms with Crippen LogP contribution >= 0.6 is 0 Å². The molecule has 3 aromatic rings. The smallest absolute Gasteiger partial charge is 0.184 e. The minimum Gasteiger partial charge on any atom is -0.483 e. The van der Waals surface area contributed by atoms with Crippen molar-refractivity contribution >= 4 is 23.6 Å². The average molecular weight is 414 g/mol. The third-order valence-electron chi connectivity index (χ3n) is 4.77. The molecule has 0 spiro atoms.